The molecule has 2 rings (SSSR count). The third kappa shape index (κ3) is 1.77. The minimum Gasteiger partial charge on any atom is -0.461 e. The first-order valence-corrected chi connectivity index (χ1v) is 5.55. The quantitative estimate of drug-likeness (QED) is 0.769. The molecule has 4 nitrogen and oxygen atoms in total. The maximum atomic E-state index is 14.1. The summed E-state index contributed by atoms with van der Waals surface area (Å²) in [5, 5.41) is 0.232. The Morgan fingerprint density at radius 3 is 2.61 bits per heavy atom. The number of carbonyl (C=O) groups excluding carboxylic acids is 2. The fourth-order valence-corrected chi connectivity index (χ4v) is 1.91. The summed E-state index contributed by atoms with van der Waals surface area (Å²) in [7, 11) is 0. The van der Waals surface area contributed by atoms with Crippen LogP contribution in [-0.2, 0) is 4.74 Å². The standard InChI is InChI=1S/C13H12FNO3/c1-3-18-13(17)12-11(14)9-6-4-5-7-10(9)15(12)8(2)16/h4-7H,3H2,1-2H3. The Hall–Kier alpha value is -2.17. The van der Waals surface area contributed by atoms with Crippen molar-refractivity contribution in [1.82, 2.24) is 4.57 Å². The lowest BCUT2D eigenvalue weighted by Crippen LogP contribution is -2.17. The van der Waals surface area contributed by atoms with Crippen LogP contribution in [0.4, 0.5) is 4.39 Å². The summed E-state index contributed by atoms with van der Waals surface area (Å²) in [5.74, 6) is -1.99. The average Bonchev–Trinajstić information content (AvgIpc) is 2.64. The number of ether oxygens (including phenoxy) is 1. The minimum atomic E-state index is -0.832. The monoisotopic (exact) mass is 249 g/mol. The summed E-state index contributed by atoms with van der Waals surface area (Å²) in [6.07, 6.45) is 0. The van der Waals surface area contributed by atoms with Gasteiger partial charge in [0.15, 0.2) is 11.5 Å². The highest BCUT2D eigenvalue weighted by Gasteiger charge is 2.25. The molecule has 5 heteroatoms. The number of benzene rings is 1. The lowest BCUT2D eigenvalue weighted by Gasteiger charge is -2.05. The molecule has 94 valence electrons. The van der Waals surface area contributed by atoms with Gasteiger partial charge < -0.3 is 4.74 Å². The fraction of sp³-hybridized carbons (Fsp3) is 0.231. The third-order valence-corrected chi connectivity index (χ3v) is 2.60. The third-order valence-electron chi connectivity index (χ3n) is 2.60. The fourth-order valence-electron chi connectivity index (χ4n) is 1.91. The summed E-state index contributed by atoms with van der Waals surface area (Å²) in [6, 6.07) is 6.43. The van der Waals surface area contributed by atoms with Crippen molar-refractivity contribution in [3.8, 4) is 0 Å². The highest BCUT2D eigenvalue weighted by molar-refractivity contribution is 6.03. The Kier molecular flexibility index (Phi) is 3.14. The predicted octanol–water partition coefficient (Wildman–Crippen LogP) is 2.62. The van der Waals surface area contributed by atoms with Crippen LogP contribution in [0.15, 0.2) is 24.3 Å². The molecular formula is C13H12FNO3. The highest BCUT2D eigenvalue weighted by Crippen LogP contribution is 2.25. The average molecular weight is 249 g/mol. The molecule has 0 saturated heterocycles. The van der Waals surface area contributed by atoms with Crippen LogP contribution in [-0.4, -0.2) is 23.1 Å². The summed E-state index contributed by atoms with van der Waals surface area (Å²) in [4.78, 5) is 23.3. The van der Waals surface area contributed by atoms with Crippen molar-refractivity contribution < 1.29 is 18.7 Å². The molecule has 18 heavy (non-hydrogen) atoms. The van der Waals surface area contributed by atoms with E-state index in [1.165, 1.54) is 13.0 Å². The molecule has 0 unspecified atom stereocenters. The van der Waals surface area contributed by atoms with E-state index in [4.69, 9.17) is 4.74 Å². The summed E-state index contributed by atoms with van der Waals surface area (Å²) in [5.41, 5.74) is 0.0242. The van der Waals surface area contributed by atoms with E-state index in [0.29, 0.717) is 5.52 Å². The molecule has 0 aliphatic heterocycles. The molecule has 0 saturated carbocycles. The molecule has 0 radical (unpaired) electrons. The molecule has 1 heterocycles. The van der Waals surface area contributed by atoms with E-state index in [0.717, 1.165) is 4.57 Å². The van der Waals surface area contributed by atoms with Crippen LogP contribution < -0.4 is 0 Å². The Bertz CT molecular complexity index is 630. The van der Waals surface area contributed by atoms with E-state index >= 15 is 0 Å². The Balaban J connectivity index is 2.78. The number of aromatic nitrogens is 1. The van der Waals surface area contributed by atoms with Gasteiger partial charge in [-0.1, -0.05) is 12.1 Å². The van der Waals surface area contributed by atoms with Gasteiger partial charge in [0.05, 0.1) is 12.1 Å². The smallest absolute Gasteiger partial charge is 0.358 e. The van der Waals surface area contributed by atoms with Gasteiger partial charge in [-0.2, -0.15) is 0 Å². The SMILES string of the molecule is CCOC(=O)c1c(F)c2ccccc2n1C(C)=O. The molecule has 0 atom stereocenters. The second kappa shape index (κ2) is 4.60. The molecule has 0 fully saturated rings. The normalized spacial score (nSPS) is 10.6. The van der Waals surface area contributed by atoms with Crippen LogP contribution in [0.25, 0.3) is 10.9 Å². The van der Waals surface area contributed by atoms with E-state index in [9.17, 15) is 14.0 Å². The van der Waals surface area contributed by atoms with E-state index in [2.05, 4.69) is 0 Å². The first kappa shape index (κ1) is 12.3. The summed E-state index contributed by atoms with van der Waals surface area (Å²) >= 11 is 0. The summed E-state index contributed by atoms with van der Waals surface area (Å²) in [6.45, 7) is 3.02. The number of carbonyl (C=O) groups is 2. The van der Waals surface area contributed by atoms with Crippen molar-refractivity contribution in [3.05, 3.63) is 35.8 Å². The predicted molar refractivity (Wildman–Crippen MR) is 64.2 cm³/mol. The van der Waals surface area contributed by atoms with Crippen LogP contribution in [0.5, 0.6) is 0 Å². The topological polar surface area (TPSA) is 48.3 Å². The molecule has 0 amide bonds. The largest absolute Gasteiger partial charge is 0.461 e. The van der Waals surface area contributed by atoms with Crippen LogP contribution in [0.1, 0.15) is 29.1 Å². The number of fused-ring (bicyclic) bond motifs is 1. The van der Waals surface area contributed by atoms with Gasteiger partial charge in [-0.05, 0) is 19.1 Å². The molecule has 0 spiro atoms. The molecular weight excluding hydrogens is 237 g/mol. The molecule has 1 aromatic carbocycles. The minimum absolute atomic E-state index is 0.123. The Labute approximate surface area is 103 Å². The van der Waals surface area contributed by atoms with E-state index in [1.807, 2.05) is 0 Å². The summed E-state index contributed by atoms with van der Waals surface area (Å²) < 4.78 is 20.0. The molecule has 0 bridgehead atoms. The van der Waals surface area contributed by atoms with Gasteiger partial charge >= 0.3 is 5.97 Å². The van der Waals surface area contributed by atoms with Crippen molar-refractivity contribution in [1.29, 1.82) is 0 Å². The lowest BCUT2D eigenvalue weighted by atomic mass is 10.2. The van der Waals surface area contributed by atoms with Gasteiger partial charge in [0.2, 0.25) is 5.91 Å². The number of para-hydroxylation sites is 1. The van der Waals surface area contributed by atoms with Gasteiger partial charge in [0.25, 0.3) is 0 Å². The number of halogens is 1. The van der Waals surface area contributed by atoms with Gasteiger partial charge in [-0.3, -0.25) is 9.36 Å². The zero-order valence-electron chi connectivity index (χ0n) is 10.1. The molecule has 0 aliphatic rings. The zero-order valence-corrected chi connectivity index (χ0v) is 10.1. The number of nitrogens with zero attached hydrogens (tertiary/aromatic N) is 1. The van der Waals surface area contributed by atoms with Gasteiger partial charge in [-0.15, -0.1) is 0 Å². The first-order chi connectivity index (χ1) is 8.57. The van der Waals surface area contributed by atoms with Crippen LogP contribution in [0, 0.1) is 5.82 Å². The van der Waals surface area contributed by atoms with Gasteiger partial charge in [0.1, 0.15) is 0 Å². The molecule has 0 N–H and O–H groups in total. The van der Waals surface area contributed by atoms with Crippen molar-refractivity contribution in [2.75, 3.05) is 6.61 Å². The number of hydrogen-bond donors (Lipinski definition) is 0. The lowest BCUT2D eigenvalue weighted by molar-refractivity contribution is 0.0504. The second-order valence-electron chi connectivity index (χ2n) is 3.75. The van der Waals surface area contributed by atoms with Crippen molar-refractivity contribution in [2.24, 2.45) is 0 Å². The molecule has 1 aromatic heterocycles. The maximum absolute atomic E-state index is 14.1. The first-order valence-electron chi connectivity index (χ1n) is 5.55. The van der Waals surface area contributed by atoms with Crippen LogP contribution >= 0.6 is 0 Å². The van der Waals surface area contributed by atoms with E-state index in [-0.39, 0.29) is 17.7 Å². The van der Waals surface area contributed by atoms with Gasteiger partial charge in [-0.25, -0.2) is 9.18 Å². The van der Waals surface area contributed by atoms with Crippen molar-refractivity contribution in [2.45, 2.75) is 13.8 Å². The van der Waals surface area contributed by atoms with E-state index < -0.39 is 17.7 Å². The van der Waals surface area contributed by atoms with Gasteiger partial charge in [0, 0.05) is 12.3 Å². The van der Waals surface area contributed by atoms with Crippen molar-refractivity contribution >= 4 is 22.8 Å². The zero-order chi connectivity index (χ0) is 13.3. The highest BCUT2D eigenvalue weighted by atomic mass is 19.1. The maximum Gasteiger partial charge on any atom is 0.358 e. The van der Waals surface area contributed by atoms with Crippen LogP contribution in [0.3, 0.4) is 0 Å². The number of hydrogen-bond acceptors (Lipinski definition) is 3. The van der Waals surface area contributed by atoms with Crippen molar-refractivity contribution in [3.63, 3.8) is 0 Å². The number of esters is 1. The number of rotatable bonds is 2. The van der Waals surface area contributed by atoms with E-state index in [1.54, 1.807) is 25.1 Å². The van der Waals surface area contributed by atoms with Crippen LogP contribution in [0.2, 0.25) is 0 Å². The molecule has 0 aliphatic carbocycles. The Morgan fingerprint density at radius 2 is 2.00 bits per heavy atom. The Morgan fingerprint density at radius 1 is 1.33 bits per heavy atom. The molecule has 2 aromatic rings. The second-order valence-corrected chi connectivity index (χ2v) is 3.75.